The van der Waals surface area contributed by atoms with Crippen LogP contribution in [0.5, 0.6) is 0 Å². The fraction of sp³-hybridized carbons (Fsp3) is 0.750. The van der Waals surface area contributed by atoms with Crippen LogP contribution in [0.15, 0.2) is 9.52 Å². The molecule has 0 aliphatic heterocycles. The molecule has 1 aromatic heterocycles. The molecule has 0 fully saturated rings. The van der Waals surface area contributed by atoms with Gasteiger partial charge in [0.1, 0.15) is 5.76 Å². The van der Waals surface area contributed by atoms with Gasteiger partial charge in [0.05, 0.1) is 12.2 Å². The average Bonchev–Trinajstić information content (AvgIpc) is 2.94. The number of nitrogens with one attached hydrogen (secondary N) is 2. The molecule has 126 valence electrons. The maximum Gasteiger partial charge on any atom is 0.191 e. The molecule has 6 heteroatoms. The van der Waals surface area contributed by atoms with Crippen molar-refractivity contribution < 1.29 is 9.26 Å². The Balaban J connectivity index is 2.59. The summed E-state index contributed by atoms with van der Waals surface area (Å²) < 4.78 is 10.7. The van der Waals surface area contributed by atoms with Gasteiger partial charge in [-0.15, -0.1) is 0 Å². The summed E-state index contributed by atoms with van der Waals surface area (Å²) in [5.41, 5.74) is 2.13. The number of guanidine groups is 1. The molecule has 1 heterocycles. The van der Waals surface area contributed by atoms with Crippen LogP contribution in [-0.4, -0.2) is 37.4 Å². The van der Waals surface area contributed by atoms with Gasteiger partial charge in [-0.05, 0) is 26.7 Å². The second kappa shape index (κ2) is 11.1. The third kappa shape index (κ3) is 6.05. The van der Waals surface area contributed by atoms with Gasteiger partial charge in [0.25, 0.3) is 0 Å². The topological polar surface area (TPSA) is 71.7 Å². The summed E-state index contributed by atoms with van der Waals surface area (Å²) in [6.45, 7) is 12.0. The van der Waals surface area contributed by atoms with E-state index in [1.807, 2.05) is 6.92 Å². The highest BCUT2D eigenvalue weighted by atomic mass is 16.5. The van der Waals surface area contributed by atoms with Crippen LogP contribution in [0.3, 0.4) is 0 Å². The zero-order valence-corrected chi connectivity index (χ0v) is 14.4. The lowest BCUT2D eigenvalue weighted by atomic mass is 10.1. The van der Waals surface area contributed by atoms with Crippen molar-refractivity contribution in [2.24, 2.45) is 4.99 Å². The standard InChI is InChI=1S/C16H30N4O2/c1-5-14-13(15(6-2)22-20-14)12-19-16(17-7-3)18-10-9-11-21-8-4/h5-12H2,1-4H3,(H2,17,18,19). The van der Waals surface area contributed by atoms with Crippen molar-refractivity contribution in [1.29, 1.82) is 0 Å². The van der Waals surface area contributed by atoms with Crippen molar-refractivity contribution in [2.45, 2.75) is 53.5 Å². The Labute approximate surface area is 133 Å². The predicted octanol–water partition coefficient (Wildman–Crippen LogP) is 2.28. The van der Waals surface area contributed by atoms with Gasteiger partial charge in [-0.25, -0.2) is 4.99 Å². The van der Waals surface area contributed by atoms with Crippen molar-refractivity contribution >= 4 is 5.96 Å². The molecule has 6 nitrogen and oxygen atoms in total. The first-order chi connectivity index (χ1) is 10.8. The van der Waals surface area contributed by atoms with Crippen molar-refractivity contribution in [1.82, 2.24) is 15.8 Å². The van der Waals surface area contributed by atoms with E-state index in [4.69, 9.17) is 9.26 Å². The number of ether oxygens (including phenoxy) is 1. The molecular formula is C16H30N4O2. The highest BCUT2D eigenvalue weighted by molar-refractivity contribution is 5.79. The molecule has 0 atom stereocenters. The third-order valence-corrected chi connectivity index (χ3v) is 3.31. The van der Waals surface area contributed by atoms with E-state index >= 15 is 0 Å². The lowest BCUT2D eigenvalue weighted by Crippen LogP contribution is -2.38. The molecule has 0 spiro atoms. The van der Waals surface area contributed by atoms with E-state index < -0.39 is 0 Å². The molecule has 22 heavy (non-hydrogen) atoms. The van der Waals surface area contributed by atoms with E-state index in [0.29, 0.717) is 6.54 Å². The number of hydrogen-bond acceptors (Lipinski definition) is 4. The fourth-order valence-corrected chi connectivity index (χ4v) is 2.14. The summed E-state index contributed by atoms with van der Waals surface area (Å²) in [4.78, 5) is 4.64. The lowest BCUT2D eigenvalue weighted by molar-refractivity contribution is 0.145. The van der Waals surface area contributed by atoms with Gasteiger partial charge in [-0.2, -0.15) is 0 Å². The summed E-state index contributed by atoms with van der Waals surface area (Å²) in [6.07, 6.45) is 2.68. The van der Waals surface area contributed by atoms with Crippen molar-refractivity contribution in [2.75, 3.05) is 26.3 Å². The maximum absolute atomic E-state index is 5.38. The predicted molar refractivity (Wildman–Crippen MR) is 89.2 cm³/mol. The molecule has 0 aliphatic carbocycles. The summed E-state index contributed by atoms with van der Waals surface area (Å²) in [5, 5.41) is 10.7. The van der Waals surface area contributed by atoms with Gasteiger partial charge in [0.2, 0.25) is 0 Å². The second-order valence-corrected chi connectivity index (χ2v) is 4.91. The zero-order chi connectivity index (χ0) is 16.2. The average molecular weight is 310 g/mol. The Morgan fingerprint density at radius 3 is 2.64 bits per heavy atom. The molecule has 0 saturated heterocycles. The van der Waals surface area contributed by atoms with Crippen LogP contribution in [0.2, 0.25) is 0 Å². The van der Waals surface area contributed by atoms with Gasteiger partial charge in [0.15, 0.2) is 5.96 Å². The fourth-order valence-electron chi connectivity index (χ4n) is 2.14. The van der Waals surface area contributed by atoms with Crippen molar-refractivity contribution in [3.63, 3.8) is 0 Å². The number of rotatable bonds is 10. The second-order valence-electron chi connectivity index (χ2n) is 4.91. The van der Waals surface area contributed by atoms with E-state index in [2.05, 4.69) is 41.6 Å². The molecule has 0 aliphatic rings. The van der Waals surface area contributed by atoms with Crippen LogP contribution < -0.4 is 10.6 Å². The molecular weight excluding hydrogens is 280 g/mol. The number of aliphatic imine (C=N–C) groups is 1. The van der Waals surface area contributed by atoms with Crippen LogP contribution in [0, 0.1) is 0 Å². The minimum absolute atomic E-state index is 0.594. The summed E-state index contributed by atoms with van der Waals surface area (Å²) >= 11 is 0. The Morgan fingerprint density at radius 1 is 1.18 bits per heavy atom. The van der Waals surface area contributed by atoms with Crippen LogP contribution in [0.1, 0.15) is 51.1 Å². The van der Waals surface area contributed by atoms with Crippen LogP contribution in [-0.2, 0) is 24.1 Å². The SMILES string of the molecule is CCNC(=NCc1c(CC)noc1CC)NCCCOCC. The van der Waals surface area contributed by atoms with E-state index in [0.717, 1.165) is 68.5 Å². The number of nitrogens with zero attached hydrogens (tertiary/aromatic N) is 2. The quantitative estimate of drug-likeness (QED) is 0.394. The molecule has 1 aromatic rings. The first-order valence-corrected chi connectivity index (χ1v) is 8.32. The Bertz CT molecular complexity index is 422. The monoisotopic (exact) mass is 310 g/mol. The van der Waals surface area contributed by atoms with E-state index in [1.54, 1.807) is 0 Å². The van der Waals surface area contributed by atoms with Gasteiger partial charge in [-0.3, -0.25) is 0 Å². The van der Waals surface area contributed by atoms with E-state index in [9.17, 15) is 0 Å². The third-order valence-electron chi connectivity index (χ3n) is 3.31. The van der Waals surface area contributed by atoms with Gasteiger partial charge in [0, 0.05) is 38.3 Å². The molecule has 0 radical (unpaired) electrons. The van der Waals surface area contributed by atoms with E-state index in [1.165, 1.54) is 0 Å². The maximum atomic E-state index is 5.38. The normalized spacial score (nSPS) is 11.7. The minimum Gasteiger partial charge on any atom is -0.382 e. The van der Waals surface area contributed by atoms with Gasteiger partial charge in [-0.1, -0.05) is 19.0 Å². The molecule has 0 bridgehead atoms. The first-order valence-electron chi connectivity index (χ1n) is 8.32. The molecule has 0 unspecified atom stereocenters. The number of aromatic nitrogens is 1. The Hall–Kier alpha value is -1.56. The Kier molecular flexibility index (Phi) is 9.30. The van der Waals surface area contributed by atoms with Crippen molar-refractivity contribution in [3.8, 4) is 0 Å². The van der Waals surface area contributed by atoms with Crippen LogP contribution in [0.25, 0.3) is 0 Å². The van der Waals surface area contributed by atoms with Crippen LogP contribution in [0.4, 0.5) is 0 Å². The van der Waals surface area contributed by atoms with Crippen LogP contribution >= 0.6 is 0 Å². The minimum atomic E-state index is 0.594. The number of hydrogen-bond donors (Lipinski definition) is 2. The highest BCUT2D eigenvalue weighted by Gasteiger charge is 2.12. The van der Waals surface area contributed by atoms with Crippen molar-refractivity contribution in [3.05, 3.63) is 17.0 Å². The smallest absolute Gasteiger partial charge is 0.191 e. The zero-order valence-electron chi connectivity index (χ0n) is 14.4. The highest BCUT2D eigenvalue weighted by Crippen LogP contribution is 2.16. The Morgan fingerprint density at radius 2 is 2.00 bits per heavy atom. The van der Waals surface area contributed by atoms with Gasteiger partial charge < -0.3 is 19.9 Å². The molecule has 0 amide bonds. The molecule has 0 saturated carbocycles. The molecule has 1 rings (SSSR count). The summed E-state index contributed by atoms with van der Waals surface area (Å²) in [7, 11) is 0. The summed E-state index contributed by atoms with van der Waals surface area (Å²) in [5.74, 6) is 1.76. The van der Waals surface area contributed by atoms with Gasteiger partial charge >= 0.3 is 0 Å². The number of aryl methyl sites for hydroxylation is 2. The molecule has 0 aromatic carbocycles. The first kappa shape index (κ1) is 18.5. The van der Waals surface area contributed by atoms with E-state index in [-0.39, 0.29) is 0 Å². The summed E-state index contributed by atoms with van der Waals surface area (Å²) in [6, 6.07) is 0. The lowest BCUT2D eigenvalue weighted by Gasteiger charge is -2.11. The largest absolute Gasteiger partial charge is 0.382 e. The molecule has 2 N–H and O–H groups in total.